The summed E-state index contributed by atoms with van der Waals surface area (Å²) < 4.78 is 9.97. The number of carbonyl (C=O) groups excluding carboxylic acids is 1. The topological polar surface area (TPSA) is 61.5 Å². The van der Waals surface area contributed by atoms with Crippen LogP contribution in [0.25, 0.3) is 0 Å². The van der Waals surface area contributed by atoms with E-state index in [4.69, 9.17) is 10.5 Å². The average molecular weight is 265 g/mol. The Morgan fingerprint density at radius 1 is 1.32 bits per heavy atom. The summed E-state index contributed by atoms with van der Waals surface area (Å²) in [6.07, 6.45) is 1.24. The molecule has 0 amide bonds. The van der Waals surface area contributed by atoms with Gasteiger partial charge in [0.15, 0.2) is 0 Å². The van der Waals surface area contributed by atoms with E-state index < -0.39 is 6.04 Å². The van der Waals surface area contributed by atoms with Crippen LogP contribution in [0.3, 0.4) is 0 Å². The molecule has 0 aliphatic carbocycles. The molecule has 1 atom stereocenters. The van der Waals surface area contributed by atoms with Crippen LogP contribution < -0.4 is 10.5 Å². The number of ether oxygens (including phenoxy) is 2. The van der Waals surface area contributed by atoms with E-state index in [9.17, 15) is 4.79 Å². The van der Waals surface area contributed by atoms with Crippen LogP contribution in [0.1, 0.15) is 37.3 Å². The minimum absolute atomic E-state index is 0.376. The van der Waals surface area contributed by atoms with Gasteiger partial charge in [-0.1, -0.05) is 26.0 Å². The van der Waals surface area contributed by atoms with Crippen LogP contribution in [-0.4, -0.2) is 26.2 Å². The van der Waals surface area contributed by atoms with Gasteiger partial charge in [0.2, 0.25) is 0 Å². The van der Waals surface area contributed by atoms with Crippen molar-refractivity contribution in [1.82, 2.24) is 0 Å². The second-order valence-corrected chi connectivity index (χ2v) is 4.89. The smallest absolute Gasteiger partial charge is 0.322 e. The number of carbonyl (C=O) groups is 1. The van der Waals surface area contributed by atoms with Gasteiger partial charge >= 0.3 is 5.97 Å². The van der Waals surface area contributed by atoms with Gasteiger partial charge in [0, 0.05) is 0 Å². The Morgan fingerprint density at radius 3 is 2.53 bits per heavy atom. The summed E-state index contributed by atoms with van der Waals surface area (Å²) in [4.78, 5) is 11.3. The molecule has 4 heteroatoms. The second-order valence-electron chi connectivity index (χ2n) is 4.89. The number of hydrogen-bond acceptors (Lipinski definition) is 4. The Labute approximate surface area is 114 Å². The first-order valence-corrected chi connectivity index (χ1v) is 6.49. The molecule has 0 bridgehead atoms. The monoisotopic (exact) mass is 265 g/mol. The highest BCUT2D eigenvalue weighted by Crippen LogP contribution is 2.25. The zero-order valence-corrected chi connectivity index (χ0v) is 12.1. The predicted octanol–water partition coefficient (Wildman–Crippen LogP) is 2.25. The van der Waals surface area contributed by atoms with Gasteiger partial charge in [-0.2, -0.15) is 0 Å². The van der Waals surface area contributed by atoms with Gasteiger partial charge in [-0.25, -0.2) is 0 Å². The van der Waals surface area contributed by atoms with Crippen LogP contribution in [0, 0.1) is 0 Å². The van der Waals surface area contributed by atoms with Crippen LogP contribution in [0.2, 0.25) is 0 Å². The van der Waals surface area contributed by atoms with Crippen LogP contribution in [0.4, 0.5) is 0 Å². The Kier molecular flexibility index (Phi) is 5.83. The molecule has 0 radical (unpaired) electrons. The van der Waals surface area contributed by atoms with E-state index in [2.05, 4.69) is 30.7 Å². The molecule has 0 saturated heterocycles. The van der Waals surface area contributed by atoms with Gasteiger partial charge in [-0.05, 0) is 36.0 Å². The molecule has 106 valence electrons. The zero-order chi connectivity index (χ0) is 14.4. The number of rotatable bonds is 6. The lowest BCUT2D eigenvalue weighted by Crippen LogP contribution is -2.31. The summed E-state index contributed by atoms with van der Waals surface area (Å²) in [5, 5.41) is 0. The maximum absolute atomic E-state index is 11.3. The standard InChI is InChI=1S/C15H23NO3/c1-10(2)11-6-8-14(18-3)12(9-11)5-7-13(16)15(17)19-4/h6,8-10,13H,5,7,16H2,1-4H3. The molecular formula is C15H23NO3. The van der Waals surface area contributed by atoms with Crippen molar-refractivity contribution in [2.45, 2.75) is 38.6 Å². The van der Waals surface area contributed by atoms with E-state index in [1.807, 2.05) is 6.07 Å². The Bertz CT molecular complexity index is 429. The number of hydrogen-bond donors (Lipinski definition) is 1. The second kappa shape index (κ2) is 7.14. The van der Waals surface area contributed by atoms with E-state index in [0.29, 0.717) is 18.8 Å². The van der Waals surface area contributed by atoms with Crippen molar-refractivity contribution < 1.29 is 14.3 Å². The Hall–Kier alpha value is -1.55. The van der Waals surface area contributed by atoms with Crippen molar-refractivity contribution >= 4 is 5.97 Å². The normalized spacial score (nSPS) is 12.3. The predicted molar refractivity (Wildman–Crippen MR) is 75.4 cm³/mol. The van der Waals surface area contributed by atoms with E-state index in [0.717, 1.165) is 11.3 Å². The molecule has 0 heterocycles. The maximum Gasteiger partial charge on any atom is 0.322 e. The number of benzene rings is 1. The third kappa shape index (κ3) is 4.24. The SMILES string of the molecule is COC(=O)C(N)CCc1cc(C(C)C)ccc1OC. The first-order valence-electron chi connectivity index (χ1n) is 6.49. The molecule has 2 N–H and O–H groups in total. The van der Waals surface area contributed by atoms with Gasteiger partial charge < -0.3 is 15.2 Å². The number of esters is 1. The fourth-order valence-corrected chi connectivity index (χ4v) is 1.93. The molecule has 0 fully saturated rings. The fraction of sp³-hybridized carbons (Fsp3) is 0.533. The highest BCUT2D eigenvalue weighted by molar-refractivity contribution is 5.75. The van der Waals surface area contributed by atoms with Gasteiger partial charge in [0.25, 0.3) is 0 Å². The summed E-state index contributed by atoms with van der Waals surface area (Å²) in [5.41, 5.74) is 8.08. The third-order valence-electron chi connectivity index (χ3n) is 3.20. The highest BCUT2D eigenvalue weighted by atomic mass is 16.5. The summed E-state index contributed by atoms with van der Waals surface area (Å²) >= 11 is 0. The molecule has 0 spiro atoms. The third-order valence-corrected chi connectivity index (χ3v) is 3.20. The summed E-state index contributed by atoms with van der Waals surface area (Å²) in [5.74, 6) is 0.916. The lowest BCUT2D eigenvalue weighted by Gasteiger charge is -2.14. The van der Waals surface area contributed by atoms with Gasteiger partial charge in [0.05, 0.1) is 14.2 Å². The molecular weight excluding hydrogens is 242 g/mol. The molecule has 1 unspecified atom stereocenters. The molecule has 1 aromatic carbocycles. The van der Waals surface area contributed by atoms with E-state index >= 15 is 0 Å². The van der Waals surface area contributed by atoms with Crippen molar-refractivity contribution in [3.8, 4) is 5.75 Å². The molecule has 1 aromatic rings. The first-order chi connectivity index (χ1) is 8.99. The Balaban J connectivity index is 2.80. The van der Waals surface area contributed by atoms with Crippen molar-refractivity contribution in [3.63, 3.8) is 0 Å². The number of methoxy groups -OCH3 is 2. The first kappa shape index (κ1) is 15.5. The van der Waals surface area contributed by atoms with Gasteiger partial charge in [0.1, 0.15) is 11.8 Å². The van der Waals surface area contributed by atoms with Crippen molar-refractivity contribution in [2.24, 2.45) is 5.73 Å². The summed E-state index contributed by atoms with van der Waals surface area (Å²) in [6, 6.07) is 5.56. The van der Waals surface area contributed by atoms with Crippen LogP contribution in [0.5, 0.6) is 5.75 Å². The van der Waals surface area contributed by atoms with Crippen molar-refractivity contribution in [2.75, 3.05) is 14.2 Å². The fourth-order valence-electron chi connectivity index (χ4n) is 1.93. The van der Waals surface area contributed by atoms with Crippen molar-refractivity contribution in [3.05, 3.63) is 29.3 Å². The quantitative estimate of drug-likeness (QED) is 0.801. The van der Waals surface area contributed by atoms with Crippen LogP contribution >= 0.6 is 0 Å². The highest BCUT2D eigenvalue weighted by Gasteiger charge is 2.15. The van der Waals surface area contributed by atoms with Crippen LogP contribution in [0.15, 0.2) is 18.2 Å². The minimum atomic E-state index is -0.586. The van der Waals surface area contributed by atoms with E-state index in [1.54, 1.807) is 7.11 Å². The Morgan fingerprint density at radius 2 is 2.00 bits per heavy atom. The van der Waals surface area contributed by atoms with E-state index in [1.165, 1.54) is 12.7 Å². The molecule has 0 aliphatic rings. The molecule has 0 aliphatic heterocycles. The largest absolute Gasteiger partial charge is 0.496 e. The van der Waals surface area contributed by atoms with Crippen LogP contribution in [-0.2, 0) is 16.0 Å². The molecule has 0 saturated carbocycles. The van der Waals surface area contributed by atoms with Gasteiger partial charge in [-0.3, -0.25) is 4.79 Å². The van der Waals surface area contributed by atoms with E-state index in [-0.39, 0.29) is 5.97 Å². The maximum atomic E-state index is 11.3. The molecule has 1 rings (SSSR count). The van der Waals surface area contributed by atoms with Gasteiger partial charge in [-0.15, -0.1) is 0 Å². The lowest BCUT2D eigenvalue weighted by molar-refractivity contribution is -0.142. The van der Waals surface area contributed by atoms with Crippen molar-refractivity contribution in [1.29, 1.82) is 0 Å². The zero-order valence-electron chi connectivity index (χ0n) is 12.1. The minimum Gasteiger partial charge on any atom is -0.496 e. The number of aryl methyl sites for hydroxylation is 1. The molecule has 4 nitrogen and oxygen atoms in total. The summed E-state index contributed by atoms with van der Waals surface area (Å²) in [6.45, 7) is 4.29. The molecule has 0 aromatic heterocycles. The average Bonchev–Trinajstić information content (AvgIpc) is 2.43. The molecule has 19 heavy (non-hydrogen) atoms. The summed E-state index contributed by atoms with van der Waals surface area (Å²) in [7, 11) is 3.00. The lowest BCUT2D eigenvalue weighted by atomic mass is 9.97. The number of nitrogens with two attached hydrogens (primary N) is 1.